The minimum atomic E-state index is -2.92. The van der Waals surface area contributed by atoms with Crippen molar-refractivity contribution in [1.29, 1.82) is 0 Å². The van der Waals surface area contributed by atoms with Crippen LogP contribution < -0.4 is 10.2 Å². The zero-order chi connectivity index (χ0) is 14.6. The minimum absolute atomic E-state index is 0.171. The molecule has 7 heteroatoms. The SMILES string of the molecule is CCNCc1cnc(N2CCCS(=O)(=O)CC2)c(Cl)c1. The fourth-order valence-electron chi connectivity index (χ4n) is 2.22. The Balaban J connectivity index is 2.12. The zero-order valence-corrected chi connectivity index (χ0v) is 13.2. The second-order valence-electron chi connectivity index (χ2n) is 4.92. The first-order chi connectivity index (χ1) is 9.52. The number of anilines is 1. The van der Waals surface area contributed by atoms with Gasteiger partial charge in [-0.05, 0) is 24.6 Å². The molecule has 1 saturated heterocycles. The van der Waals surface area contributed by atoms with Gasteiger partial charge in [0.05, 0.1) is 16.5 Å². The van der Waals surface area contributed by atoms with Crippen molar-refractivity contribution >= 4 is 27.3 Å². The van der Waals surface area contributed by atoms with Crippen molar-refractivity contribution in [2.24, 2.45) is 0 Å². The van der Waals surface area contributed by atoms with Crippen molar-refractivity contribution in [1.82, 2.24) is 10.3 Å². The largest absolute Gasteiger partial charge is 0.354 e. The number of sulfone groups is 1. The Bertz CT molecular complexity index is 563. The van der Waals surface area contributed by atoms with E-state index in [1.165, 1.54) is 0 Å². The molecule has 20 heavy (non-hydrogen) atoms. The quantitative estimate of drug-likeness (QED) is 0.911. The summed E-state index contributed by atoms with van der Waals surface area (Å²) in [6.45, 7) is 4.81. The van der Waals surface area contributed by atoms with Crippen molar-refractivity contribution in [3.05, 3.63) is 22.8 Å². The standard InChI is InChI=1S/C13H20ClN3O2S/c1-2-15-9-11-8-12(14)13(16-10-11)17-4-3-6-20(18,19)7-5-17/h8,10,15H,2-7,9H2,1H3. The molecule has 0 bridgehead atoms. The number of hydrogen-bond acceptors (Lipinski definition) is 5. The number of aromatic nitrogens is 1. The van der Waals surface area contributed by atoms with Gasteiger partial charge in [0, 0.05) is 25.8 Å². The lowest BCUT2D eigenvalue weighted by Gasteiger charge is -2.22. The molecule has 0 spiro atoms. The van der Waals surface area contributed by atoms with E-state index in [1.54, 1.807) is 6.20 Å². The number of rotatable bonds is 4. The first kappa shape index (κ1) is 15.5. The summed E-state index contributed by atoms with van der Waals surface area (Å²) in [5, 5.41) is 3.80. The van der Waals surface area contributed by atoms with Crippen LogP contribution in [0.25, 0.3) is 0 Å². The van der Waals surface area contributed by atoms with Crippen LogP contribution in [0, 0.1) is 0 Å². The predicted octanol–water partition coefficient (Wildman–Crippen LogP) is 1.47. The minimum Gasteiger partial charge on any atom is -0.354 e. The molecule has 0 atom stereocenters. The normalized spacial score (nSPS) is 18.8. The molecule has 0 aromatic carbocycles. The smallest absolute Gasteiger partial charge is 0.152 e. The molecule has 1 aromatic heterocycles. The van der Waals surface area contributed by atoms with Crippen LogP contribution in [0.3, 0.4) is 0 Å². The maximum atomic E-state index is 11.6. The van der Waals surface area contributed by atoms with E-state index >= 15 is 0 Å². The summed E-state index contributed by atoms with van der Waals surface area (Å²) < 4.78 is 23.2. The average molecular weight is 318 g/mol. The van der Waals surface area contributed by atoms with Gasteiger partial charge in [0.25, 0.3) is 0 Å². The highest BCUT2D eigenvalue weighted by Gasteiger charge is 2.21. The third-order valence-corrected chi connectivity index (χ3v) is 5.31. The fourth-order valence-corrected chi connectivity index (χ4v) is 3.80. The topological polar surface area (TPSA) is 62.3 Å². The van der Waals surface area contributed by atoms with Crippen LogP contribution in [0.15, 0.2) is 12.3 Å². The summed E-state index contributed by atoms with van der Waals surface area (Å²) in [5.41, 5.74) is 1.03. The van der Waals surface area contributed by atoms with E-state index in [0.29, 0.717) is 30.4 Å². The maximum Gasteiger partial charge on any atom is 0.152 e. The van der Waals surface area contributed by atoms with Gasteiger partial charge in [-0.2, -0.15) is 0 Å². The summed E-state index contributed by atoms with van der Waals surface area (Å²) in [5.74, 6) is 1.10. The Morgan fingerprint density at radius 1 is 1.40 bits per heavy atom. The maximum absolute atomic E-state index is 11.6. The first-order valence-corrected chi connectivity index (χ1v) is 9.02. The van der Waals surface area contributed by atoms with Crippen LogP contribution in [0.4, 0.5) is 5.82 Å². The summed E-state index contributed by atoms with van der Waals surface area (Å²) in [6.07, 6.45) is 2.42. The summed E-state index contributed by atoms with van der Waals surface area (Å²) in [7, 11) is -2.92. The van der Waals surface area contributed by atoms with Gasteiger partial charge in [-0.15, -0.1) is 0 Å². The molecule has 0 saturated carbocycles. The lowest BCUT2D eigenvalue weighted by atomic mass is 10.2. The molecule has 0 unspecified atom stereocenters. The number of halogens is 1. The highest BCUT2D eigenvalue weighted by Crippen LogP contribution is 2.25. The Morgan fingerprint density at radius 2 is 2.20 bits per heavy atom. The van der Waals surface area contributed by atoms with E-state index in [0.717, 1.165) is 18.7 Å². The Morgan fingerprint density at radius 3 is 2.90 bits per heavy atom. The summed E-state index contributed by atoms with van der Waals surface area (Å²) in [4.78, 5) is 6.37. The predicted molar refractivity (Wildman–Crippen MR) is 82.1 cm³/mol. The first-order valence-electron chi connectivity index (χ1n) is 6.82. The van der Waals surface area contributed by atoms with Crippen LogP contribution in [0.5, 0.6) is 0 Å². The summed E-state index contributed by atoms with van der Waals surface area (Å²) >= 11 is 6.28. The van der Waals surface area contributed by atoms with E-state index in [4.69, 9.17) is 11.6 Å². The van der Waals surface area contributed by atoms with Gasteiger partial charge in [-0.1, -0.05) is 18.5 Å². The van der Waals surface area contributed by atoms with Crippen LogP contribution in [-0.4, -0.2) is 44.5 Å². The molecule has 2 heterocycles. The van der Waals surface area contributed by atoms with Crippen LogP contribution in [-0.2, 0) is 16.4 Å². The van der Waals surface area contributed by atoms with Crippen LogP contribution in [0.2, 0.25) is 5.02 Å². The van der Waals surface area contributed by atoms with Gasteiger partial charge < -0.3 is 10.2 Å². The van der Waals surface area contributed by atoms with Gasteiger partial charge >= 0.3 is 0 Å². The molecule has 5 nitrogen and oxygen atoms in total. The molecule has 1 aliphatic heterocycles. The fraction of sp³-hybridized carbons (Fsp3) is 0.615. The second kappa shape index (κ2) is 6.74. The van der Waals surface area contributed by atoms with Crippen molar-refractivity contribution in [3.8, 4) is 0 Å². The Labute approximate surface area is 125 Å². The van der Waals surface area contributed by atoms with Gasteiger partial charge in [-0.25, -0.2) is 13.4 Å². The van der Waals surface area contributed by atoms with E-state index in [9.17, 15) is 8.42 Å². The van der Waals surface area contributed by atoms with Gasteiger partial charge in [0.1, 0.15) is 5.82 Å². The van der Waals surface area contributed by atoms with Crippen LogP contribution >= 0.6 is 11.6 Å². The number of pyridine rings is 1. The highest BCUT2D eigenvalue weighted by molar-refractivity contribution is 7.91. The van der Waals surface area contributed by atoms with Crippen LogP contribution in [0.1, 0.15) is 18.9 Å². The molecule has 0 amide bonds. The van der Waals surface area contributed by atoms with Crippen molar-refractivity contribution in [2.45, 2.75) is 19.9 Å². The third kappa shape index (κ3) is 4.07. The van der Waals surface area contributed by atoms with E-state index in [1.807, 2.05) is 17.9 Å². The van der Waals surface area contributed by atoms with Crippen molar-refractivity contribution < 1.29 is 8.42 Å². The Kier molecular flexibility index (Phi) is 5.23. The monoisotopic (exact) mass is 317 g/mol. The van der Waals surface area contributed by atoms with E-state index < -0.39 is 9.84 Å². The number of nitrogens with one attached hydrogen (secondary N) is 1. The second-order valence-corrected chi connectivity index (χ2v) is 7.63. The third-order valence-electron chi connectivity index (χ3n) is 3.31. The Hall–Kier alpha value is -0.850. The molecule has 0 aliphatic carbocycles. The molecule has 0 radical (unpaired) electrons. The van der Waals surface area contributed by atoms with E-state index in [-0.39, 0.29) is 11.5 Å². The summed E-state index contributed by atoms with van der Waals surface area (Å²) in [6, 6.07) is 1.89. The van der Waals surface area contributed by atoms with Gasteiger partial charge in [0.2, 0.25) is 0 Å². The number of nitrogens with zero attached hydrogens (tertiary/aromatic N) is 2. The lowest BCUT2D eigenvalue weighted by molar-refractivity contribution is 0.597. The van der Waals surface area contributed by atoms with Gasteiger partial charge in [0.15, 0.2) is 9.84 Å². The molecule has 112 valence electrons. The molecule has 1 N–H and O–H groups in total. The van der Waals surface area contributed by atoms with Crippen molar-refractivity contribution in [3.63, 3.8) is 0 Å². The zero-order valence-electron chi connectivity index (χ0n) is 11.6. The van der Waals surface area contributed by atoms with Crippen molar-refractivity contribution in [2.75, 3.05) is 36.0 Å². The molecule has 2 rings (SSSR count). The molecule has 1 aliphatic rings. The average Bonchev–Trinajstić information content (AvgIpc) is 2.58. The molecule has 1 fully saturated rings. The lowest BCUT2D eigenvalue weighted by Crippen LogP contribution is -2.28. The molecular weight excluding hydrogens is 298 g/mol. The van der Waals surface area contributed by atoms with Gasteiger partial charge in [-0.3, -0.25) is 0 Å². The van der Waals surface area contributed by atoms with E-state index in [2.05, 4.69) is 10.3 Å². The molecule has 1 aromatic rings. The highest BCUT2D eigenvalue weighted by atomic mass is 35.5. The molecular formula is C13H20ClN3O2S. The number of hydrogen-bond donors (Lipinski definition) is 1.